The van der Waals surface area contributed by atoms with E-state index in [-0.39, 0.29) is 25.7 Å². The summed E-state index contributed by atoms with van der Waals surface area (Å²) >= 11 is 0. The lowest BCUT2D eigenvalue weighted by atomic mass is 9.85. The van der Waals surface area contributed by atoms with Crippen LogP contribution in [0.15, 0.2) is 60.8 Å². The first kappa shape index (κ1) is 59.4. The Morgan fingerprint density at radius 2 is 1.08 bits per heavy atom. The highest BCUT2D eigenvalue weighted by atomic mass is 31.2. The first-order chi connectivity index (χ1) is 30.6. The van der Waals surface area contributed by atoms with E-state index in [0.717, 1.165) is 32.1 Å². The van der Waals surface area contributed by atoms with E-state index in [9.17, 15) is 59.9 Å². The lowest BCUT2D eigenvalue weighted by Gasteiger charge is -2.41. The van der Waals surface area contributed by atoms with Gasteiger partial charge in [0, 0.05) is 12.8 Å². The van der Waals surface area contributed by atoms with Gasteiger partial charge < -0.3 is 55.2 Å². The van der Waals surface area contributed by atoms with Crippen molar-refractivity contribution in [3.8, 4) is 0 Å². The minimum atomic E-state index is -5.22. The first-order valence-electron chi connectivity index (χ1n) is 23.4. The number of rotatable bonds is 37. The Labute approximate surface area is 381 Å². The van der Waals surface area contributed by atoms with Crippen molar-refractivity contribution < 1.29 is 78.4 Å². The summed E-state index contributed by atoms with van der Waals surface area (Å²) in [6.07, 6.45) is 19.1. The van der Waals surface area contributed by atoms with Crippen molar-refractivity contribution in [1.29, 1.82) is 0 Å². The molecule has 370 valence electrons. The Morgan fingerprint density at radius 3 is 1.62 bits per heavy atom. The summed E-state index contributed by atoms with van der Waals surface area (Å²) < 4.78 is 33.3. The van der Waals surface area contributed by atoms with Crippen LogP contribution in [-0.2, 0) is 32.7 Å². The van der Waals surface area contributed by atoms with Gasteiger partial charge >= 0.3 is 19.8 Å². The molecule has 9 N–H and O–H groups in total. The average molecular weight is 933 g/mol. The van der Waals surface area contributed by atoms with Crippen LogP contribution in [0, 0.1) is 0 Å². The molecule has 1 saturated carbocycles. The van der Waals surface area contributed by atoms with Crippen LogP contribution < -0.4 is 0 Å². The third kappa shape index (κ3) is 28.5. The fraction of sp³-hybridized carbons (Fsp3) is 0.745. The Bertz CT molecular complexity index is 1400. The predicted molar refractivity (Wildman–Crippen MR) is 244 cm³/mol. The van der Waals surface area contributed by atoms with Crippen LogP contribution >= 0.6 is 7.82 Å². The monoisotopic (exact) mass is 933 g/mol. The van der Waals surface area contributed by atoms with Crippen LogP contribution in [-0.4, -0.2) is 132 Å². The van der Waals surface area contributed by atoms with Crippen LogP contribution in [0.3, 0.4) is 0 Å². The maximum atomic E-state index is 12.8. The topological polar surface area (TPSA) is 270 Å². The first-order valence-corrected chi connectivity index (χ1v) is 24.9. The van der Waals surface area contributed by atoms with Crippen molar-refractivity contribution >= 4 is 19.8 Å². The molecule has 1 fully saturated rings. The molecule has 0 bridgehead atoms. The standard InChI is InChI=1S/C47H81O16P/c1-3-5-7-8-9-10-11-12-13-14-15-16-17-22-26-32-40(51)60-34-37(35-61-64(58,59)63-47-45(56)43(54)42(53)44(55)46(47)57)62-41(52)33-27-31-39(50)38(49)30-25-21-19-18-20-24-29-36(48)28-23-6-4-2/h6,18-21,23-25,29-30,36-39,42-50,53-57H,3-5,7-17,22,26-28,31-35H2,1-2H3,(H,58,59)/b20-18+,21-19-,23-6-,29-24+,30-25-/t36-,37+,38+,39+,42?,43-,44+,45+,46+,47?/m0/s1. The van der Waals surface area contributed by atoms with Crippen LogP contribution in [0.1, 0.15) is 149 Å². The molecule has 0 aromatic rings. The van der Waals surface area contributed by atoms with Crippen molar-refractivity contribution in [2.45, 2.75) is 210 Å². The molecule has 1 aliphatic rings. The zero-order valence-electron chi connectivity index (χ0n) is 38.1. The average Bonchev–Trinajstić information content (AvgIpc) is 3.26. The fourth-order valence-electron chi connectivity index (χ4n) is 6.81. The summed E-state index contributed by atoms with van der Waals surface area (Å²) in [6, 6.07) is 0. The van der Waals surface area contributed by atoms with Gasteiger partial charge in [-0.2, -0.15) is 0 Å². The number of phosphoric ester groups is 1. The Kier molecular flexibility index (Phi) is 33.9. The zero-order chi connectivity index (χ0) is 47.6. The number of carbonyl (C=O) groups excluding carboxylic acids is 2. The molecule has 1 rings (SSSR count). The molecule has 0 radical (unpaired) electrons. The summed E-state index contributed by atoms with van der Waals surface area (Å²) in [4.78, 5) is 35.8. The largest absolute Gasteiger partial charge is 0.472 e. The molecular formula is C47H81O16P. The summed E-state index contributed by atoms with van der Waals surface area (Å²) in [7, 11) is -5.22. The summed E-state index contributed by atoms with van der Waals surface area (Å²) in [5.74, 6) is -1.43. The molecule has 0 aromatic carbocycles. The maximum absolute atomic E-state index is 12.8. The Balaban J connectivity index is 2.61. The molecule has 0 amide bonds. The second-order valence-corrected chi connectivity index (χ2v) is 17.9. The number of hydrogen-bond acceptors (Lipinski definition) is 15. The van der Waals surface area contributed by atoms with Gasteiger partial charge in [-0.25, -0.2) is 4.57 Å². The van der Waals surface area contributed by atoms with E-state index in [1.54, 1.807) is 42.5 Å². The molecule has 17 heteroatoms. The lowest BCUT2D eigenvalue weighted by Crippen LogP contribution is -2.64. The molecule has 0 spiro atoms. The van der Waals surface area contributed by atoms with Gasteiger partial charge in [-0.15, -0.1) is 0 Å². The van der Waals surface area contributed by atoms with Crippen LogP contribution in [0.25, 0.3) is 0 Å². The highest BCUT2D eigenvalue weighted by Gasteiger charge is 2.51. The van der Waals surface area contributed by atoms with E-state index < -0.39 is 94.0 Å². The molecule has 11 atom stereocenters. The van der Waals surface area contributed by atoms with E-state index in [0.29, 0.717) is 12.8 Å². The van der Waals surface area contributed by atoms with Gasteiger partial charge in [-0.1, -0.05) is 164 Å². The zero-order valence-corrected chi connectivity index (χ0v) is 39.0. The smallest absolute Gasteiger partial charge is 0.462 e. The molecule has 3 unspecified atom stereocenters. The van der Waals surface area contributed by atoms with Gasteiger partial charge in [-0.3, -0.25) is 18.6 Å². The number of esters is 2. The molecule has 0 saturated heterocycles. The Morgan fingerprint density at radius 1 is 0.594 bits per heavy atom. The fourth-order valence-corrected chi connectivity index (χ4v) is 7.78. The molecule has 64 heavy (non-hydrogen) atoms. The summed E-state index contributed by atoms with van der Waals surface area (Å²) in [5, 5.41) is 80.7. The highest BCUT2D eigenvalue weighted by Crippen LogP contribution is 2.47. The molecular weight excluding hydrogens is 851 g/mol. The normalized spacial score (nSPS) is 23.6. The van der Waals surface area contributed by atoms with E-state index in [1.807, 2.05) is 19.1 Å². The predicted octanol–water partition coefficient (Wildman–Crippen LogP) is 5.86. The van der Waals surface area contributed by atoms with E-state index in [1.165, 1.54) is 70.3 Å². The number of ether oxygens (including phenoxy) is 2. The van der Waals surface area contributed by atoms with Crippen molar-refractivity contribution in [2.24, 2.45) is 0 Å². The highest BCUT2D eigenvalue weighted by molar-refractivity contribution is 7.47. The second-order valence-electron chi connectivity index (χ2n) is 16.5. The van der Waals surface area contributed by atoms with Crippen LogP contribution in [0.2, 0.25) is 0 Å². The van der Waals surface area contributed by atoms with Crippen molar-refractivity contribution in [1.82, 2.24) is 0 Å². The molecule has 0 heterocycles. The van der Waals surface area contributed by atoms with Gasteiger partial charge in [-0.05, 0) is 32.1 Å². The second kappa shape index (κ2) is 36.5. The summed E-state index contributed by atoms with van der Waals surface area (Å²) in [5.41, 5.74) is 0. The minimum Gasteiger partial charge on any atom is -0.462 e. The third-order valence-corrected chi connectivity index (χ3v) is 11.7. The summed E-state index contributed by atoms with van der Waals surface area (Å²) in [6.45, 7) is 2.82. The maximum Gasteiger partial charge on any atom is 0.472 e. The van der Waals surface area contributed by atoms with Gasteiger partial charge in [0.1, 0.15) is 43.2 Å². The molecule has 1 aliphatic carbocycles. The number of phosphoric acid groups is 1. The molecule has 16 nitrogen and oxygen atoms in total. The van der Waals surface area contributed by atoms with E-state index in [2.05, 4.69) is 6.92 Å². The minimum absolute atomic E-state index is 0.00167. The van der Waals surface area contributed by atoms with Crippen molar-refractivity contribution in [3.63, 3.8) is 0 Å². The number of hydrogen-bond donors (Lipinski definition) is 9. The van der Waals surface area contributed by atoms with Crippen molar-refractivity contribution in [2.75, 3.05) is 13.2 Å². The quantitative estimate of drug-likeness (QED) is 0.0116. The van der Waals surface area contributed by atoms with Gasteiger partial charge in [0.2, 0.25) is 0 Å². The number of unbranched alkanes of at least 4 members (excludes halogenated alkanes) is 14. The van der Waals surface area contributed by atoms with Crippen LogP contribution in [0.5, 0.6) is 0 Å². The number of aliphatic hydroxyl groups is 8. The molecule has 0 aromatic heterocycles. The Hall–Kier alpha value is -2.57. The SMILES string of the molecule is CC/C=C\C[C@H](O)/C=C/C=C/C=C\C=C/[C@@H](O)[C@H](O)CCCC(=O)O[C@H](COC(=O)CCCCCCCCCCCCCCCCC)COP(=O)(O)OC1[C@H](O)[C@H](O)C(O)[C@H](O)[C@H]1O. The van der Waals surface area contributed by atoms with Gasteiger partial charge in [0.05, 0.1) is 24.9 Å². The van der Waals surface area contributed by atoms with Gasteiger partial charge in [0.15, 0.2) is 6.10 Å². The third-order valence-electron chi connectivity index (χ3n) is 10.7. The van der Waals surface area contributed by atoms with E-state index >= 15 is 0 Å². The van der Waals surface area contributed by atoms with Crippen molar-refractivity contribution in [3.05, 3.63) is 60.8 Å². The van der Waals surface area contributed by atoms with Crippen LogP contribution in [0.4, 0.5) is 0 Å². The number of allylic oxidation sites excluding steroid dienone is 7. The lowest BCUT2D eigenvalue weighted by molar-refractivity contribution is -0.220. The molecule has 0 aliphatic heterocycles. The van der Waals surface area contributed by atoms with E-state index in [4.69, 9.17) is 18.5 Å². The number of carbonyl (C=O) groups is 2. The number of aliphatic hydroxyl groups excluding tert-OH is 8. The van der Waals surface area contributed by atoms with Gasteiger partial charge in [0.25, 0.3) is 0 Å².